The molecule has 1 aliphatic carbocycles. The molecule has 0 aromatic heterocycles. The third-order valence-corrected chi connectivity index (χ3v) is 3.34. The Hall–Kier alpha value is -1.36. The molecule has 5 heteroatoms. The summed E-state index contributed by atoms with van der Waals surface area (Å²) in [5.41, 5.74) is 0. The maximum absolute atomic E-state index is 11.9. The lowest BCUT2D eigenvalue weighted by molar-refractivity contribution is -0.147. The largest absolute Gasteiger partial charge is 0.481 e. The molecule has 0 aromatic rings. The number of carbonyl (C=O) groups is 2. The molecule has 3 atom stereocenters. The van der Waals surface area contributed by atoms with Gasteiger partial charge in [0.2, 0.25) is 5.91 Å². The maximum atomic E-state index is 11.9. The second kappa shape index (κ2) is 6.54. The van der Waals surface area contributed by atoms with E-state index >= 15 is 0 Å². The van der Waals surface area contributed by atoms with Crippen LogP contribution in [0.3, 0.4) is 0 Å². The van der Waals surface area contributed by atoms with Crippen LogP contribution in [0.15, 0.2) is 12.2 Å². The van der Waals surface area contributed by atoms with Crippen LogP contribution in [-0.2, 0) is 9.59 Å². The molecule has 3 N–H and O–H groups in total. The van der Waals surface area contributed by atoms with Crippen LogP contribution in [0, 0.1) is 17.8 Å². The molecular formula is C13H21NO4. The number of aliphatic carboxylic acids is 1. The summed E-state index contributed by atoms with van der Waals surface area (Å²) < 4.78 is 0. The molecule has 5 nitrogen and oxygen atoms in total. The van der Waals surface area contributed by atoms with Crippen molar-refractivity contribution in [3.63, 3.8) is 0 Å². The topological polar surface area (TPSA) is 86.6 Å². The molecule has 18 heavy (non-hydrogen) atoms. The van der Waals surface area contributed by atoms with E-state index in [1.54, 1.807) is 6.08 Å². The standard InChI is InChI=1S/C13H21NO4/c1-8(2)11(15)7-14-12(16)9-5-3-4-6-10(9)13(17)18/h3-4,8-11,15H,5-7H2,1-2H3,(H,14,16)(H,17,18). The number of aliphatic hydroxyl groups excluding tert-OH is 1. The van der Waals surface area contributed by atoms with Crippen LogP contribution in [0.1, 0.15) is 26.7 Å². The molecule has 1 amide bonds. The monoisotopic (exact) mass is 255 g/mol. The fourth-order valence-corrected chi connectivity index (χ4v) is 1.95. The summed E-state index contributed by atoms with van der Waals surface area (Å²) in [4.78, 5) is 23.0. The van der Waals surface area contributed by atoms with Gasteiger partial charge in [0.1, 0.15) is 0 Å². The van der Waals surface area contributed by atoms with Crippen molar-refractivity contribution >= 4 is 11.9 Å². The summed E-state index contributed by atoms with van der Waals surface area (Å²) in [6.45, 7) is 3.89. The summed E-state index contributed by atoms with van der Waals surface area (Å²) in [7, 11) is 0. The van der Waals surface area contributed by atoms with Crippen molar-refractivity contribution in [3.8, 4) is 0 Å². The van der Waals surface area contributed by atoms with Gasteiger partial charge in [0.05, 0.1) is 17.9 Å². The van der Waals surface area contributed by atoms with Crippen molar-refractivity contribution in [3.05, 3.63) is 12.2 Å². The highest BCUT2D eigenvalue weighted by atomic mass is 16.4. The first-order valence-corrected chi connectivity index (χ1v) is 6.27. The summed E-state index contributed by atoms with van der Waals surface area (Å²) in [6, 6.07) is 0. The second-order valence-corrected chi connectivity index (χ2v) is 5.05. The molecule has 102 valence electrons. The third kappa shape index (κ3) is 3.84. The number of hydrogen-bond donors (Lipinski definition) is 3. The highest BCUT2D eigenvalue weighted by Crippen LogP contribution is 2.25. The smallest absolute Gasteiger partial charge is 0.307 e. The molecule has 0 aromatic carbocycles. The number of carboxylic acids is 1. The average molecular weight is 255 g/mol. The van der Waals surface area contributed by atoms with Gasteiger partial charge in [-0.1, -0.05) is 26.0 Å². The number of nitrogens with one attached hydrogen (secondary N) is 1. The summed E-state index contributed by atoms with van der Waals surface area (Å²) in [5, 5.41) is 21.3. The number of rotatable bonds is 5. The molecule has 1 rings (SSSR count). The minimum atomic E-state index is -0.941. The van der Waals surface area contributed by atoms with Gasteiger partial charge in [0, 0.05) is 6.54 Å². The minimum Gasteiger partial charge on any atom is -0.481 e. The van der Waals surface area contributed by atoms with E-state index in [1.165, 1.54) is 0 Å². The number of carbonyl (C=O) groups excluding carboxylic acids is 1. The Morgan fingerprint density at radius 1 is 1.28 bits per heavy atom. The summed E-state index contributed by atoms with van der Waals surface area (Å²) in [5.74, 6) is -2.36. The van der Waals surface area contributed by atoms with Crippen molar-refractivity contribution < 1.29 is 19.8 Å². The van der Waals surface area contributed by atoms with Crippen LogP contribution in [0.5, 0.6) is 0 Å². The molecule has 1 aliphatic rings. The van der Waals surface area contributed by atoms with Crippen LogP contribution in [0.4, 0.5) is 0 Å². The normalized spacial score (nSPS) is 24.9. The molecule has 0 radical (unpaired) electrons. The van der Waals surface area contributed by atoms with Gasteiger partial charge < -0.3 is 15.5 Å². The van der Waals surface area contributed by atoms with Gasteiger partial charge >= 0.3 is 5.97 Å². The first-order valence-electron chi connectivity index (χ1n) is 6.27. The Balaban J connectivity index is 2.54. The summed E-state index contributed by atoms with van der Waals surface area (Å²) in [6.07, 6.45) is 3.87. The van der Waals surface area contributed by atoms with Gasteiger partial charge in [-0.2, -0.15) is 0 Å². The van der Waals surface area contributed by atoms with E-state index in [1.807, 2.05) is 19.9 Å². The van der Waals surface area contributed by atoms with Crippen LogP contribution in [0.2, 0.25) is 0 Å². The van der Waals surface area contributed by atoms with E-state index < -0.39 is 23.9 Å². The highest BCUT2D eigenvalue weighted by molar-refractivity contribution is 5.85. The van der Waals surface area contributed by atoms with Crippen LogP contribution in [-0.4, -0.2) is 34.7 Å². The quantitative estimate of drug-likeness (QED) is 0.634. The van der Waals surface area contributed by atoms with Crippen molar-refractivity contribution in [1.29, 1.82) is 0 Å². The molecule has 0 bridgehead atoms. The predicted molar refractivity (Wildman–Crippen MR) is 66.8 cm³/mol. The first kappa shape index (κ1) is 14.7. The van der Waals surface area contributed by atoms with Crippen molar-refractivity contribution in [1.82, 2.24) is 5.32 Å². The summed E-state index contributed by atoms with van der Waals surface area (Å²) >= 11 is 0. The van der Waals surface area contributed by atoms with Crippen LogP contribution in [0.25, 0.3) is 0 Å². The zero-order chi connectivity index (χ0) is 13.7. The number of allylic oxidation sites excluding steroid dienone is 2. The van der Waals surface area contributed by atoms with Crippen LogP contribution >= 0.6 is 0 Å². The fourth-order valence-electron chi connectivity index (χ4n) is 1.95. The Bertz CT molecular complexity index is 338. The Labute approximate surface area is 107 Å². The lowest BCUT2D eigenvalue weighted by atomic mass is 9.82. The van der Waals surface area contributed by atoms with Gasteiger partial charge in [-0.05, 0) is 18.8 Å². The Kier molecular flexibility index (Phi) is 5.34. The number of hydrogen-bond acceptors (Lipinski definition) is 3. The van der Waals surface area contributed by atoms with Gasteiger partial charge in [-0.15, -0.1) is 0 Å². The SMILES string of the molecule is CC(C)C(O)CNC(=O)C1CC=CCC1C(=O)O. The molecule has 0 saturated heterocycles. The molecule has 0 aliphatic heterocycles. The lowest BCUT2D eigenvalue weighted by Gasteiger charge is -2.25. The third-order valence-electron chi connectivity index (χ3n) is 3.34. The molecule has 0 heterocycles. The zero-order valence-electron chi connectivity index (χ0n) is 10.8. The molecule has 0 fully saturated rings. The van der Waals surface area contributed by atoms with E-state index in [0.29, 0.717) is 12.8 Å². The Morgan fingerprint density at radius 2 is 1.83 bits per heavy atom. The zero-order valence-corrected chi connectivity index (χ0v) is 10.8. The molecule has 3 unspecified atom stereocenters. The van der Waals surface area contributed by atoms with Crippen molar-refractivity contribution in [2.24, 2.45) is 17.8 Å². The van der Waals surface area contributed by atoms with E-state index in [9.17, 15) is 14.7 Å². The van der Waals surface area contributed by atoms with Crippen molar-refractivity contribution in [2.45, 2.75) is 32.8 Å². The Morgan fingerprint density at radius 3 is 2.33 bits per heavy atom. The first-order chi connectivity index (χ1) is 8.43. The molecular weight excluding hydrogens is 234 g/mol. The number of carboxylic acid groups (broad SMARTS) is 1. The lowest BCUT2D eigenvalue weighted by Crippen LogP contribution is -2.42. The van der Waals surface area contributed by atoms with Gasteiger partial charge in [-0.3, -0.25) is 9.59 Å². The van der Waals surface area contributed by atoms with Gasteiger partial charge in [0.15, 0.2) is 0 Å². The minimum absolute atomic E-state index is 0.0619. The van der Waals surface area contributed by atoms with E-state index in [4.69, 9.17) is 5.11 Å². The van der Waals surface area contributed by atoms with Gasteiger partial charge in [-0.25, -0.2) is 0 Å². The number of amides is 1. The number of aliphatic hydroxyl groups is 1. The molecule has 0 saturated carbocycles. The average Bonchev–Trinajstić information content (AvgIpc) is 2.35. The van der Waals surface area contributed by atoms with Crippen LogP contribution < -0.4 is 5.32 Å². The van der Waals surface area contributed by atoms with E-state index in [-0.39, 0.29) is 18.4 Å². The van der Waals surface area contributed by atoms with Gasteiger partial charge in [0.25, 0.3) is 0 Å². The van der Waals surface area contributed by atoms with Crippen molar-refractivity contribution in [2.75, 3.05) is 6.54 Å². The predicted octanol–water partition coefficient (Wildman–Crippen LogP) is 0.787. The van der Waals surface area contributed by atoms with E-state index in [0.717, 1.165) is 0 Å². The van der Waals surface area contributed by atoms with E-state index in [2.05, 4.69) is 5.32 Å². The molecule has 0 spiro atoms. The maximum Gasteiger partial charge on any atom is 0.307 e. The second-order valence-electron chi connectivity index (χ2n) is 5.05. The fraction of sp³-hybridized carbons (Fsp3) is 0.692. The highest BCUT2D eigenvalue weighted by Gasteiger charge is 2.33.